The van der Waals surface area contributed by atoms with Crippen molar-refractivity contribution in [3.8, 4) is 11.5 Å². The molecule has 1 saturated heterocycles. The van der Waals surface area contributed by atoms with E-state index in [1.807, 2.05) is 0 Å². The molecule has 164 valence electrons. The second-order valence-electron chi connectivity index (χ2n) is 6.40. The monoisotopic (exact) mass is 434 g/mol. The third-order valence-electron chi connectivity index (χ3n) is 4.39. The fourth-order valence-corrected chi connectivity index (χ4v) is 4.18. The molecule has 0 atom stereocenters. The number of nitrogens with zero attached hydrogens (tertiary/aromatic N) is 2. The average molecular weight is 435 g/mol. The molecule has 8 nitrogen and oxygen atoms in total. The van der Waals surface area contributed by atoms with E-state index in [9.17, 15) is 17.2 Å². The van der Waals surface area contributed by atoms with E-state index in [1.54, 1.807) is 32.2 Å². The Morgan fingerprint density at radius 1 is 1.28 bits per heavy atom. The van der Waals surface area contributed by atoms with Gasteiger partial charge >= 0.3 is 6.61 Å². The van der Waals surface area contributed by atoms with Crippen LogP contribution in [0.5, 0.6) is 11.5 Å². The van der Waals surface area contributed by atoms with Crippen molar-refractivity contribution in [2.45, 2.75) is 20.1 Å². The normalized spacial score (nSPS) is 17.2. The van der Waals surface area contributed by atoms with Gasteiger partial charge in [0, 0.05) is 45.3 Å². The van der Waals surface area contributed by atoms with E-state index in [0.29, 0.717) is 44.3 Å². The molecule has 0 unspecified atom stereocenters. The average Bonchev–Trinajstić information content (AvgIpc) is 2.67. The van der Waals surface area contributed by atoms with Crippen LogP contribution in [0.4, 0.5) is 8.78 Å². The van der Waals surface area contributed by atoms with Crippen molar-refractivity contribution in [2.24, 2.45) is 4.99 Å². The van der Waals surface area contributed by atoms with Crippen molar-refractivity contribution < 1.29 is 26.7 Å². The lowest BCUT2D eigenvalue weighted by Crippen LogP contribution is -2.45. The first-order valence-electron chi connectivity index (χ1n) is 9.41. The Morgan fingerprint density at radius 3 is 2.62 bits per heavy atom. The van der Waals surface area contributed by atoms with Gasteiger partial charge in [-0.2, -0.15) is 8.78 Å². The summed E-state index contributed by atoms with van der Waals surface area (Å²) in [5.41, 5.74) is 0.514. The first kappa shape index (κ1) is 23.1. The maximum atomic E-state index is 12.8. The van der Waals surface area contributed by atoms with Crippen LogP contribution in [0.25, 0.3) is 0 Å². The van der Waals surface area contributed by atoms with Crippen LogP contribution in [0.3, 0.4) is 0 Å². The zero-order valence-corrected chi connectivity index (χ0v) is 17.5. The number of nitrogens with one attached hydrogen (secondary N) is 2. The number of guanidine groups is 1. The highest BCUT2D eigenvalue weighted by molar-refractivity contribution is 7.91. The summed E-state index contributed by atoms with van der Waals surface area (Å²) >= 11 is 0. The fraction of sp³-hybridized carbons (Fsp3) is 0.611. The van der Waals surface area contributed by atoms with Gasteiger partial charge in [-0.1, -0.05) is 12.1 Å². The standard InChI is InChI=1S/C18H28F2N4O4S/c1-3-27-15-6-4-5-14(16(15)28-17(19)20)13-23-18(21-2)22-7-8-24-9-11-29(25,26)12-10-24/h4-6,17H,3,7-13H2,1-2H3,(H2,21,22,23). The molecule has 0 aromatic heterocycles. The molecule has 0 amide bonds. The van der Waals surface area contributed by atoms with Crippen LogP contribution in [-0.4, -0.2) is 77.2 Å². The maximum absolute atomic E-state index is 12.8. The van der Waals surface area contributed by atoms with E-state index in [0.717, 1.165) is 0 Å². The van der Waals surface area contributed by atoms with Gasteiger partial charge in [0.05, 0.1) is 18.1 Å². The molecule has 0 radical (unpaired) electrons. The largest absolute Gasteiger partial charge is 0.490 e. The van der Waals surface area contributed by atoms with Crippen LogP contribution in [-0.2, 0) is 16.4 Å². The Morgan fingerprint density at radius 2 is 2.00 bits per heavy atom. The Labute approximate surface area is 170 Å². The number of alkyl halides is 2. The minimum absolute atomic E-state index is 0.00169. The summed E-state index contributed by atoms with van der Waals surface area (Å²) < 4.78 is 58.6. The van der Waals surface area contributed by atoms with E-state index in [4.69, 9.17) is 4.74 Å². The van der Waals surface area contributed by atoms with Crippen LogP contribution < -0.4 is 20.1 Å². The molecule has 0 aliphatic carbocycles. The van der Waals surface area contributed by atoms with Crippen molar-refractivity contribution in [1.29, 1.82) is 0 Å². The third-order valence-corrected chi connectivity index (χ3v) is 6.00. The Kier molecular flexibility index (Phi) is 8.90. The molecule has 1 aromatic carbocycles. The predicted molar refractivity (Wildman–Crippen MR) is 108 cm³/mol. The zero-order valence-electron chi connectivity index (χ0n) is 16.7. The van der Waals surface area contributed by atoms with Crippen LogP contribution in [0.15, 0.2) is 23.2 Å². The summed E-state index contributed by atoms with van der Waals surface area (Å²) in [5, 5.41) is 6.20. The number of para-hydroxylation sites is 1. The van der Waals surface area contributed by atoms with Gasteiger partial charge < -0.3 is 20.1 Å². The van der Waals surface area contributed by atoms with E-state index in [2.05, 4.69) is 25.3 Å². The molecule has 29 heavy (non-hydrogen) atoms. The topological polar surface area (TPSA) is 92.3 Å². The van der Waals surface area contributed by atoms with Crippen LogP contribution in [0.2, 0.25) is 0 Å². The highest BCUT2D eigenvalue weighted by Gasteiger charge is 2.21. The lowest BCUT2D eigenvalue weighted by Gasteiger charge is -2.26. The summed E-state index contributed by atoms with van der Waals surface area (Å²) in [5.74, 6) is 1.13. The van der Waals surface area contributed by atoms with Gasteiger partial charge in [0.25, 0.3) is 0 Å². The number of aliphatic imine (C=N–C) groups is 1. The summed E-state index contributed by atoms with van der Waals surface area (Å²) in [6, 6.07) is 4.96. The van der Waals surface area contributed by atoms with E-state index in [-0.39, 0.29) is 29.5 Å². The molecule has 1 heterocycles. The molecule has 1 fully saturated rings. The van der Waals surface area contributed by atoms with E-state index < -0.39 is 16.4 Å². The van der Waals surface area contributed by atoms with Crippen LogP contribution >= 0.6 is 0 Å². The minimum atomic E-state index is -2.96. The number of halogens is 2. The second kappa shape index (κ2) is 11.1. The third kappa shape index (κ3) is 7.65. The van der Waals surface area contributed by atoms with Gasteiger partial charge in [-0.05, 0) is 13.0 Å². The van der Waals surface area contributed by atoms with E-state index >= 15 is 0 Å². The van der Waals surface area contributed by atoms with Crippen molar-refractivity contribution >= 4 is 15.8 Å². The number of benzene rings is 1. The first-order chi connectivity index (χ1) is 13.8. The summed E-state index contributed by atoms with van der Waals surface area (Å²) in [6.45, 7) is 1.64. The highest BCUT2D eigenvalue weighted by atomic mass is 32.2. The SMILES string of the molecule is CCOc1cccc(CNC(=NC)NCCN2CCS(=O)(=O)CC2)c1OC(F)F. The number of sulfone groups is 1. The van der Waals surface area contributed by atoms with Crippen molar-refractivity contribution in [2.75, 3.05) is 51.3 Å². The minimum Gasteiger partial charge on any atom is -0.490 e. The number of hydrogen-bond acceptors (Lipinski definition) is 6. The summed E-state index contributed by atoms with van der Waals surface area (Å²) in [7, 11) is -1.29. The molecule has 1 aliphatic heterocycles. The molecule has 1 aromatic rings. The van der Waals surface area contributed by atoms with Gasteiger partial charge in [-0.25, -0.2) is 8.42 Å². The van der Waals surface area contributed by atoms with Gasteiger partial charge in [0.2, 0.25) is 0 Å². The van der Waals surface area contributed by atoms with Crippen molar-refractivity contribution in [3.05, 3.63) is 23.8 Å². The van der Waals surface area contributed by atoms with Gasteiger partial charge in [0.15, 0.2) is 27.3 Å². The molecular weight excluding hydrogens is 406 g/mol. The van der Waals surface area contributed by atoms with Gasteiger partial charge in [0.1, 0.15) is 0 Å². The maximum Gasteiger partial charge on any atom is 0.387 e. The second-order valence-corrected chi connectivity index (χ2v) is 8.71. The van der Waals surface area contributed by atoms with Crippen LogP contribution in [0.1, 0.15) is 12.5 Å². The quantitative estimate of drug-likeness (QED) is 0.444. The zero-order chi connectivity index (χ0) is 21.3. The molecule has 11 heteroatoms. The summed E-state index contributed by atoms with van der Waals surface area (Å²) in [6.07, 6.45) is 0. The predicted octanol–water partition coefficient (Wildman–Crippen LogP) is 1.08. The first-order valence-corrected chi connectivity index (χ1v) is 11.2. The van der Waals surface area contributed by atoms with Gasteiger partial charge in [-0.15, -0.1) is 0 Å². The molecule has 0 bridgehead atoms. The Balaban J connectivity index is 1.88. The molecule has 1 aliphatic rings. The Bertz CT molecular complexity index is 776. The molecule has 0 saturated carbocycles. The number of hydrogen-bond donors (Lipinski definition) is 2. The van der Waals surface area contributed by atoms with Gasteiger partial charge in [-0.3, -0.25) is 9.89 Å². The number of ether oxygens (including phenoxy) is 2. The van der Waals surface area contributed by atoms with Crippen LogP contribution in [0, 0.1) is 0 Å². The molecular formula is C18H28F2N4O4S. The fourth-order valence-electron chi connectivity index (χ4n) is 2.90. The lowest BCUT2D eigenvalue weighted by molar-refractivity contribution is -0.0520. The Hall–Kier alpha value is -2.14. The summed E-state index contributed by atoms with van der Waals surface area (Å²) in [4.78, 5) is 6.19. The molecule has 0 spiro atoms. The molecule has 2 N–H and O–H groups in total. The van der Waals surface area contributed by atoms with E-state index in [1.165, 1.54) is 0 Å². The number of rotatable bonds is 9. The smallest absolute Gasteiger partial charge is 0.387 e. The molecule has 2 rings (SSSR count). The van der Waals surface area contributed by atoms with Crippen molar-refractivity contribution in [3.63, 3.8) is 0 Å². The van der Waals surface area contributed by atoms with Crippen molar-refractivity contribution in [1.82, 2.24) is 15.5 Å². The highest BCUT2D eigenvalue weighted by Crippen LogP contribution is 2.32. The lowest BCUT2D eigenvalue weighted by atomic mass is 10.2.